The Hall–Kier alpha value is -2.20. The topological polar surface area (TPSA) is 106 Å². The number of piperidine rings is 1. The Morgan fingerprint density at radius 3 is 2.48 bits per heavy atom. The predicted molar refractivity (Wildman–Crippen MR) is 117 cm³/mol. The summed E-state index contributed by atoms with van der Waals surface area (Å²) in [5, 5.41) is 2.93. The van der Waals surface area contributed by atoms with Crippen LogP contribution in [-0.4, -0.2) is 48.8 Å². The van der Waals surface area contributed by atoms with Gasteiger partial charge < -0.3 is 10.1 Å². The maximum absolute atomic E-state index is 12.9. The fourth-order valence-electron chi connectivity index (χ4n) is 3.03. The van der Waals surface area contributed by atoms with Crippen LogP contribution in [0.4, 0.5) is 5.82 Å². The van der Waals surface area contributed by atoms with Gasteiger partial charge in [0.1, 0.15) is 5.82 Å². The molecule has 3 rings (SSSR count). The Bertz CT molecular complexity index is 1070. The van der Waals surface area contributed by atoms with Gasteiger partial charge in [0.25, 0.3) is 5.91 Å². The van der Waals surface area contributed by atoms with E-state index in [1.54, 1.807) is 6.07 Å². The molecule has 0 aliphatic carbocycles. The lowest BCUT2D eigenvalue weighted by atomic mass is 10.2. The van der Waals surface area contributed by atoms with Crippen LogP contribution in [0.15, 0.2) is 41.4 Å². The van der Waals surface area contributed by atoms with E-state index in [0.717, 1.165) is 19.3 Å². The predicted octanol–water partition coefficient (Wildman–Crippen LogP) is 3.75. The summed E-state index contributed by atoms with van der Waals surface area (Å²) in [5.74, 6) is -1.28. The lowest BCUT2D eigenvalue weighted by Crippen LogP contribution is -2.35. The molecule has 1 amide bonds. The Morgan fingerprint density at radius 1 is 1.13 bits per heavy atom. The molecule has 166 valence electrons. The molecule has 8 nitrogen and oxygen atoms in total. The number of ether oxygens (including phenoxy) is 1. The molecule has 1 saturated heterocycles. The Morgan fingerprint density at radius 2 is 1.84 bits per heavy atom. The molecule has 1 unspecified atom stereocenters. The highest BCUT2D eigenvalue weighted by Crippen LogP contribution is 2.26. The quantitative estimate of drug-likeness (QED) is 0.624. The van der Waals surface area contributed by atoms with E-state index in [1.807, 2.05) is 0 Å². The van der Waals surface area contributed by atoms with Crippen LogP contribution >= 0.6 is 23.2 Å². The van der Waals surface area contributed by atoms with Crippen molar-refractivity contribution in [2.45, 2.75) is 37.2 Å². The molecule has 2 heterocycles. The summed E-state index contributed by atoms with van der Waals surface area (Å²) in [5.41, 5.74) is -0.135. The van der Waals surface area contributed by atoms with Gasteiger partial charge in [0.05, 0.1) is 20.5 Å². The fourth-order valence-corrected chi connectivity index (χ4v) is 4.88. The second-order valence-corrected chi connectivity index (χ2v) is 9.79. The van der Waals surface area contributed by atoms with Gasteiger partial charge in [-0.1, -0.05) is 29.6 Å². The minimum absolute atomic E-state index is 0.0228. The van der Waals surface area contributed by atoms with Crippen molar-refractivity contribution in [3.63, 3.8) is 0 Å². The van der Waals surface area contributed by atoms with Crippen LogP contribution in [0.5, 0.6) is 0 Å². The highest BCUT2D eigenvalue weighted by molar-refractivity contribution is 7.89. The first kappa shape index (κ1) is 23.5. The van der Waals surface area contributed by atoms with Crippen molar-refractivity contribution in [2.75, 3.05) is 18.4 Å². The van der Waals surface area contributed by atoms with Crippen molar-refractivity contribution in [1.29, 1.82) is 0 Å². The first-order chi connectivity index (χ1) is 14.7. The van der Waals surface area contributed by atoms with Gasteiger partial charge in [-0.25, -0.2) is 18.2 Å². The monoisotopic (exact) mass is 485 g/mol. The molecule has 1 aliphatic heterocycles. The summed E-state index contributed by atoms with van der Waals surface area (Å²) in [4.78, 5) is 28.8. The molecular weight excluding hydrogens is 465 g/mol. The Balaban J connectivity index is 1.72. The zero-order valence-corrected chi connectivity index (χ0v) is 19.0. The number of aromatic nitrogens is 1. The summed E-state index contributed by atoms with van der Waals surface area (Å²) in [6.07, 6.45) is 2.74. The van der Waals surface area contributed by atoms with E-state index in [2.05, 4.69) is 10.3 Å². The number of amides is 1. The van der Waals surface area contributed by atoms with Crippen molar-refractivity contribution >= 4 is 50.9 Å². The lowest BCUT2D eigenvalue weighted by Gasteiger charge is -2.26. The molecule has 1 aliphatic rings. The van der Waals surface area contributed by atoms with Gasteiger partial charge in [-0.05, 0) is 50.1 Å². The van der Waals surface area contributed by atoms with Crippen LogP contribution in [0.1, 0.15) is 36.5 Å². The number of carbonyl (C=O) groups excluding carboxylic acids is 2. The van der Waals surface area contributed by atoms with E-state index in [1.165, 1.54) is 41.7 Å². The normalized spacial score (nSPS) is 15.8. The first-order valence-electron chi connectivity index (χ1n) is 9.61. The Kier molecular flexibility index (Phi) is 7.53. The number of carbonyl (C=O) groups is 2. The summed E-state index contributed by atoms with van der Waals surface area (Å²) in [7, 11) is -3.76. The van der Waals surface area contributed by atoms with Crippen LogP contribution in [-0.2, 0) is 19.6 Å². The van der Waals surface area contributed by atoms with Crippen molar-refractivity contribution in [2.24, 2.45) is 0 Å². The highest BCUT2D eigenvalue weighted by Gasteiger charge is 2.28. The third kappa shape index (κ3) is 5.74. The maximum Gasteiger partial charge on any atom is 0.340 e. The zero-order chi connectivity index (χ0) is 22.6. The molecule has 1 aromatic heterocycles. The number of anilines is 1. The molecule has 1 fully saturated rings. The van der Waals surface area contributed by atoms with E-state index in [4.69, 9.17) is 27.9 Å². The molecule has 1 aromatic carbocycles. The minimum Gasteiger partial charge on any atom is -0.449 e. The van der Waals surface area contributed by atoms with E-state index in [9.17, 15) is 18.0 Å². The number of hydrogen-bond donors (Lipinski definition) is 1. The molecule has 0 bridgehead atoms. The average Bonchev–Trinajstić information content (AvgIpc) is 2.76. The van der Waals surface area contributed by atoms with Gasteiger partial charge in [-0.3, -0.25) is 4.79 Å². The number of hydrogen-bond acceptors (Lipinski definition) is 6. The Labute approximate surface area is 190 Å². The van der Waals surface area contributed by atoms with Crippen LogP contribution in [0, 0.1) is 0 Å². The third-order valence-electron chi connectivity index (χ3n) is 4.74. The second kappa shape index (κ2) is 9.95. The summed E-state index contributed by atoms with van der Waals surface area (Å²) >= 11 is 11.9. The summed E-state index contributed by atoms with van der Waals surface area (Å²) < 4.78 is 32.3. The lowest BCUT2D eigenvalue weighted by molar-refractivity contribution is -0.123. The first-order valence-corrected chi connectivity index (χ1v) is 11.8. The van der Waals surface area contributed by atoms with Crippen molar-refractivity contribution < 1.29 is 22.7 Å². The van der Waals surface area contributed by atoms with E-state index in [0.29, 0.717) is 18.1 Å². The summed E-state index contributed by atoms with van der Waals surface area (Å²) in [6, 6.07) is 6.91. The van der Waals surface area contributed by atoms with Crippen LogP contribution in [0.25, 0.3) is 0 Å². The van der Waals surface area contributed by atoms with Gasteiger partial charge in [0, 0.05) is 19.3 Å². The van der Waals surface area contributed by atoms with Gasteiger partial charge in [-0.15, -0.1) is 0 Å². The smallest absolute Gasteiger partial charge is 0.340 e. The fraction of sp³-hybridized carbons (Fsp3) is 0.350. The van der Waals surface area contributed by atoms with Crippen LogP contribution < -0.4 is 5.32 Å². The molecule has 11 heteroatoms. The van der Waals surface area contributed by atoms with E-state index < -0.39 is 28.0 Å². The number of pyridine rings is 1. The molecule has 31 heavy (non-hydrogen) atoms. The molecule has 0 spiro atoms. The van der Waals surface area contributed by atoms with Crippen molar-refractivity contribution in [3.8, 4) is 0 Å². The molecule has 0 radical (unpaired) electrons. The number of halogens is 2. The van der Waals surface area contributed by atoms with Crippen LogP contribution in [0.3, 0.4) is 0 Å². The zero-order valence-electron chi connectivity index (χ0n) is 16.7. The van der Waals surface area contributed by atoms with Gasteiger partial charge in [0.2, 0.25) is 10.0 Å². The molecule has 1 N–H and O–H groups in total. The van der Waals surface area contributed by atoms with Gasteiger partial charge in [0.15, 0.2) is 6.10 Å². The summed E-state index contributed by atoms with van der Waals surface area (Å²) in [6.45, 7) is 2.24. The number of rotatable bonds is 6. The van der Waals surface area contributed by atoms with Crippen LogP contribution in [0.2, 0.25) is 10.0 Å². The average molecular weight is 486 g/mol. The SMILES string of the molecule is CC(OC(=O)c1cc(S(=O)(=O)N2CCCCC2)ccc1Cl)C(=O)Nc1ccc(Cl)cn1. The molecular formula is C20H21Cl2N3O5S. The number of benzene rings is 1. The van der Waals surface area contributed by atoms with E-state index in [-0.39, 0.29) is 21.3 Å². The van der Waals surface area contributed by atoms with E-state index >= 15 is 0 Å². The number of esters is 1. The molecule has 0 saturated carbocycles. The molecule has 2 aromatic rings. The maximum atomic E-state index is 12.9. The molecule has 1 atom stereocenters. The standard InChI is InChI=1S/C20H21Cl2N3O5S/c1-13(19(26)24-18-8-5-14(21)12-23-18)30-20(27)16-11-15(6-7-17(16)22)31(28,29)25-9-3-2-4-10-25/h5-8,11-13H,2-4,9-10H2,1H3,(H,23,24,26). The highest BCUT2D eigenvalue weighted by atomic mass is 35.5. The van der Waals surface area contributed by atoms with Gasteiger partial charge in [-0.2, -0.15) is 4.31 Å². The second-order valence-electron chi connectivity index (χ2n) is 7.00. The van der Waals surface area contributed by atoms with Crippen molar-refractivity contribution in [1.82, 2.24) is 9.29 Å². The largest absolute Gasteiger partial charge is 0.449 e. The minimum atomic E-state index is -3.76. The number of sulfonamides is 1. The number of nitrogens with one attached hydrogen (secondary N) is 1. The van der Waals surface area contributed by atoms with Gasteiger partial charge >= 0.3 is 5.97 Å². The van der Waals surface area contributed by atoms with Crippen molar-refractivity contribution in [3.05, 3.63) is 52.1 Å². The third-order valence-corrected chi connectivity index (χ3v) is 7.19. The number of nitrogens with zero attached hydrogens (tertiary/aromatic N) is 2.